The van der Waals surface area contributed by atoms with Gasteiger partial charge in [-0.15, -0.1) is 0 Å². The van der Waals surface area contributed by atoms with Crippen LogP contribution in [0.4, 0.5) is 13.2 Å². The molecule has 186 valence electrons. The highest BCUT2D eigenvalue weighted by Crippen LogP contribution is 2.38. The third kappa shape index (κ3) is 8.00. The number of halogens is 3. The lowest BCUT2D eigenvalue weighted by molar-refractivity contribution is -0.120. The van der Waals surface area contributed by atoms with E-state index in [1.165, 1.54) is 16.7 Å². The molecule has 0 fully saturated rings. The smallest absolute Gasteiger partial charge is 0.359 e. The Morgan fingerprint density at radius 1 is 1.29 bits per heavy atom. The number of pyridine rings is 1. The van der Waals surface area contributed by atoms with Crippen molar-refractivity contribution in [3.63, 3.8) is 0 Å². The van der Waals surface area contributed by atoms with Crippen molar-refractivity contribution in [1.29, 1.82) is 0 Å². The Kier molecular flexibility index (Phi) is 10.3. The lowest BCUT2D eigenvalue weighted by Gasteiger charge is -2.26. The largest absolute Gasteiger partial charge is 0.393 e. The number of allylic oxidation sites excluding steroid dienone is 6. The topological polar surface area (TPSA) is 37.3 Å². The number of hydrogen-bond acceptors (Lipinski definition) is 3. The van der Waals surface area contributed by atoms with Crippen LogP contribution in [0.1, 0.15) is 71.6 Å². The van der Waals surface area contributed by atoms with Gasteiger partial charge in [-0.3, -0.25) is 9.98 Å². The zero-order chi connectivity index (χ0) is 25.3. The number of rotatable bonds is 12. The zero-order valence-electron chi connectivity index (χ0n) is 21.1. The molecule has 1 aromatic rings. The van der Waals surface area contributed by atoms with E-state index in [2.05, 4.69) is 68.6 Å². The molecule has 2 rings (SSSR count). The van der Waals surface area contributed by atoms with Gasteiger partial charge in [-0.25, -0.2) is 0 Å². The molecule has 2 atom stereocenters. The van der Waals surface area contributed by atoms with Crippen LogP contribution < -0.4 is 5.32 Å². The fourth-order valence-corrected chi connectivity index (χ4v) is 4.24. The van der Waals surface area contributed by atoms with Crippen LogP contribution in [0, 0.1) is 11.8 Å². The minimum Gasteiger partial charge on any atom is -0.359 e. The van der Waals surface area contributed by atoms with E-state index in [-0.39, 0.29) is 5.92 Å². The zero-order valence-corrected chi connectivity index (χ0v) is 21.1. The third-order valence-corrected chi connectivity index (χ3v) is 6.43. The molecule has 1 aliphatic rings. The number of nitrogens with one attached hydrogen (secondary N) is 1. The molecular weight excluding hydrogens is 435 g/mol. The molecule has 34 heavy (non-hydrogen) atoms. The first-order chi connectivity index (χ1) is 16.1. The van der Waals surface area contributed by atoms with Crippen LogP contribution in [0.25, 0.3) is 5.70 Å². The molecule has 1 aliphatic carbocycles. The maximum absolute atomic E-state index is 12.2. The Labute approximate surface area is 202 Å². The summed E-state index contributed by atoms with van der Waals surface area (Å²) in [6.07, 6.45) is 5.56. The van der Waals surface area contributed by atoms with Crippen molar-refractivity contribution in [2.75, 3.05) is 6.54 Å². The first-order valence-electron chi connectivity index (χ1n) is 12.1. The predicted molar refractivity (Wildman–Crippen MR) is 137 cm³/mol. The molecule has 6 heteroatoms. The summed E-state index contributed by atoms with van der Waals surface area (Å²) in [4.78, 5) is 8.39. The van der Waals surface area contributed by atoms with E-state index in [4.69, 9.17) is 0 Å². The minimum atomic E-state index is -4.19. The van der Waals surface area contributed by atoms with Crippen molar-refractivity contribution in [3.05, 3.63) is 70.7 Å². The van der Waals surface area contributed by atoms with Gasteiger partial charge in [0.05, 0.1) is 6.42 Å². The van der Waals surface area contributed by atoms with E-state index in [9.17, 15) is 13.2 Å². The number of aliphatic imine (C=N–C) groups is 1. The van der Waals surface area contributed by atoms with Crippen LogP contribution >= 0.6 is 0 Å². The first-order valence-corrected chi connectivity index (χ1v) is 12.1. The van der Waals surface area contributed by atoms with Gasteiger partial charge in [0.25, 0.3) is 0 Å². The molecule has 0 radical (unpaired) electrons. The van der Waals surface area contributed by atoms with Crippen LogP contribution in [0.15, 0.2) is 64.5 Å². The lowest BCUT2D eigenvalue weighted by Crippen LogP contribution is -2.19. The normalized spacial score (nSPS) is 17.9. The number of alkyl halides is 3. The van der Waals surface area contributed by atoms with Gasteiger partial charge in [-0.2, -0.15) is 13.2 Å². The van der Waals surface area contributed by atoms with Gasteiger partial charge in [0.1, 0.15) is 0 Å². The van der Waals surface area contributed by atoms with E-state index >= 15 is 0 Å². The van der Waals surface area contributed by atoms with Crippen LogP contribution in [0.5, 0.6) is 0 Å². The monoisotopic (exact) mass is 473 g/mol. The van der Waals surface area contributed by atoms with Crippen LogP contribution in [-0.4, -0.2) is 23.9 Å². The fourth-order valence-electron chi connectivity index (χ4n) is 4.24. The molecule has 0 amide bonds. The van der Waals surface area contributed by atoms with Gasteiger partial charge in [0.2, 0.25) is 0 Å². The summed E-state index contributed by atoms with van der Waals surface area (Å²) in [7, 11) is 0. The number of nitrogens with zero attached hydrogens (tertiary/aromatic N) is 2. The molecule has 0 bridgehead atoms. The molecule has 1 aromatic heterocycles. The van der Waals surface area contributed by atoms with Gasteiger partial charge in [0.15, 0.2) is 0 Å². The molecule has 1 N–H and O–H groups in total. The van der Waals surface area contributed by atoms with Gasteiger partial charge >= 0.3 is 6.18 Å². The molecule has 0 spiro atoms. The highest BCUT2D eigenvalue weighted by molar-refractivity contribution is 5.63. The summed E-state index contributed by atoms with van der Waals surface area (Å²) < 4.78 is 36.7. The molecule has 0 aromatic carbocycles. The highest BCUT2D eigenvalue weighted by Gasteiger charge is 2.26. The molecule has 1 unspecified atom stereocenters. The average Bonchev–Trinajstić information content (AvgIpc) is 3.15. The molecule has 0 saturated carbocycles. The minimum absolute atomic E-state index is 0.208. The van der Waals surface area contributed by atoms with E-state index < -0.39 is 12.6 Å². The lowest BCUT2D eigenvalue weighted by atomic mass is 9.82. The summed E-state index contributed by atoms with van der Waals surface area (Å²) in [6.45, 7) is 15.4. The Morgan fingerprint density at radius 2 is 2.03 bits per heavy atom. The maximum Gasteiger partial charge on any atom is 0.393 e. The van der Waals surface area contributed by atoms with E-state index in [0.29, 0.717) is 12.5 Å². The predicted octanol–water partition coefficient (Wildman–Crippen LogP) is 7.83. The van der Waals surface area contributed by atoms with Crippen molar-refractivity contribution in [3.8, 4) is 0 Å². The van der Waals surface area contributed by atoms with Crippen molar-refractivity contribution in [1.82, 2.24) is 10.3 Å². The summed E-state index contributed by atoms with van der Waals surface area (Å²) in [5.74, 6) is 0.594. The SMILES string of the molecule is C=C(N/C(C)=C(/C1C=CC(CCCN=CCC(F)(F)F)=C1C)[C@H](C)CC)c1ccc(CC)nc1. The molecule has 1 heterocycles. The standard InChI is InChI=1S/C28H38F3N3/c1-7-19(3)27(22(6)34-21(5)24-11-13-25(8-2)33-18-24)26-14-12-23(20(26)4)10-9-16-32-17-15-28(29,30)31/h11-14,17-19,26,34H,5,7-10,15-16H2,1-4,6H3/b27-22+,32-17?/t19-,26?/m1/s1. The maximum atomic E-state index is 12.2. The second kappa shape index (κ2) is 12.7. The van der Waals surface area contributed by atoms with E-state index in [0.717, 1.165) is 54.5 Å². The molecule has 0 aliphatic heterocycles. The summed E-state index contributed by atoms with van der Waals surface area (Å²) in [5, 5.41) is 3.52. The number of hydrogen-bond donors (Lipinski definition) is 1. The molecular formula is C28H38F3N3. The van der Waals surface area contributed by atoms with Gasteiger partial charge in [0, 0.05) is 47.5 Å². The Bertz CT molecular complexity index is 950. The first kappa shape index (κ1) is 27.6. The van der Waals surface area contributed by atoms with Crippen molar-refractivity contribution in [2.45, 2.75) is 72.9 Å². The van der Waals surface area contributed by atoms with Gasteiger partial charge < -0.3 is 5.32 Å². The van der Waals surface area contributed by atoms with E-state index in [1.807, 2.05) is 18.3 Å². The second-order valence-electron chi connectivity index (χ2n) is 8.94. The van der Waals surface area contributed by atoms with E-state index in [1.54, 1.807) is 0 Å². The second-order valence-corrected chi connectivity index (χ2v) is 8.94. The van der Waals surface area contributed by atoms with Crippen molar-refractivity contribution in [2.24, 2.45) is 16.8 Å². The van der Waals surface area contributed by atoms with Crippen LogP contribution in [-0.2, 0) is 6.42 Å². The average molecular weight is 474 g/mol. The number of aromatic nitrogens is 1. The van der Waals surface area contributed by atoms with Crippen LogP contribution in [0.2, 0.25) is 0 Å². The Morgan fingerprint density at radius 3 is 2.62 bits per heavy atom. The van der Waals surface area contributed by atoms with Gasteiger partial charge in [-0.1, -0.05) is 45.1 Å². The van der Waals surface area contributed by atoms with Gasteiger partial charge in [-0.05, 0) is 68.7 Å². The molecule has 3 nitrogen and oxygen atoms in total. The summed E-state index contributed by atoms with van der Waals surface area (Å²) >= 11 is 0. The quantitative estimate of drug-likeness (QED) is 0.248. The highest BCUT2D eigenvalue weighted by atomic mass is 19.4. The van der Waals surface area contributed by atoms with Crippen molar-refractivity contribution >= 4 is 11.9 Å². The third-order valence-electron chi connectivity index (χ3n) is 6.43. The Balaban J connectivity index is 2.11. The summed E-state index contributed by atoms with van der Waals surface area (Å²) in [6, 6.07) is 4.08. The van der Waals surface area contributed by atoms with Crippen molar-refractivity contribution < 1.29 is 13.2 Å². The molecule has 0 saturated heterocycles. The summed E-state index contributed by atoms with van der Waals surface area (Å²) in [5.41, 5.74) is 7.85. The Hall–Kier alpha value is -2.63. The fraction of sp³-hybridized carbons (Fsp3) is 0.500. The van der Waals surface area contributed by atoms with Crippen LogP contribution in [0.3, 0.4) is 0 Å². The number of aryl methyl sites for hydroxylation is 1.